The predicted molar refractivity (Wildman–Crippen MR) is 139 cm³/mol. The third-order valence-electron chi connectivity index (χ3n) is 5.35. The molecule has 0 atom stereocenters. The maximum absolute atomic E-state index is 12.8. The van der Waals surface area contributed by atoms with E-state index in [1.165, 1.54) is 23.8 Å². The Morgan fingerprint density at radius 1 is 1.06 bits per heavy atom. The molecule has 1 saturated heterocycles. The maximum Gasteiger partial charge on any atom is 0.337 e. The normalized spacial score (nSPS) is 14.6. The summed E-state index contributed by atoms with van der Waals surface area (Å²) in [6, 6.07) is 20.4. The highest BCUT2D eigenvalue weighted by Crippen LogP contribution is 2.33. The van der Waals surface area contributed by atoms with Gasteiger partial charge in [-0.3, -0.25) is 14.5 Å². The third-order valence-corrected chi connectivity index (χ3v) is 6.73. The van der Waals surface area contributed by atoms with Crippen molar-refractivity contribution in [1.82, 2.24) is 4.90 Å². The first-order valence-electron chi connectivity index (χ1n) is 10.7. The highest BCUT2D eigenvalue weighted by Gasteiger charge is 2.31. The summed E-state index contributed by atoms with van der Waals surface area (Å²) in [6.07, 6.45) is 2.51. The number of thiocarbonyl (C=S) groups is 1. The first kappa shape index (κ1) is 23.7. The van der Waals surface area contributed by atoms with Gasteiger partial charge in [-0.25, -0.2) is 4.79 Å². The minimum absolute atomic E-state index is 0.108. The smallest absolute Gasteiger partial charge is 0.337 e. The summed E-state index contributed by atoms with van der Waals surface area (Å²) in [7, 11) is 1.33. The SMILES string of the molecule is COC(=O)c1ccc(C=C2SC(=S)N(CCCC(=O)Nc3cccc4ccccc34)C2=O)cc1. The number of ether oxygens (including phenoxy) is 1. The minimum Gasteiger partial charge on any atom is -0.465 e. The molecule has 34 heavy (non-hydrogen) atoms. The van der Waals surface area contributed by atoms with Gasteiger partial charge in [0.05, 0.1) is 17.6 Å². The fraction of sp³-hybridized carbons (Fsp3) is 0.154. The van der Waals surface area contributed by atoms with Crippen molar-refractivity contribution in [2.24, 2.45) is 0 Å². The topological polar surface area (TPSA) is 75.7 Å². The number of nitrogens with zero attached hydrogens (tertiary/aromatic N) is 1. The standard InChI is InChI=1S/C26H22N2O4S2/c1-32-25(31)19-13-11-17(12-14-19)16-22-24(30)28(26(33)34-22)15-5-10-23(29)27-21-9-4-7-18-6-2-3-8-20(18)21/h2-4,6-9,11-14,16H,5,10,15H2,1H3,(H,27,29). The van der Waals surface area contributed by atoms with Crippen LogP contribution in [-0.2, 0) is 14.3 Å². The van der Waals surface area contributed by atoms with E-state index in [-0.39, 0.29) is 18.2 Å². The van der Waals surface area contributed by atoms with Crippen LogP contribution in [0, 0.1) is 0 Å². The second kappa shape index (κ2) is 10.6. The van der Waals surface area contributed by atoms with Gasteiger partial charge in [-0.2, -0.15) is 0 Å². The zero-order valence-electron chi connectivity index (χ0n) is 18.4. The molecule has 172 valence electrons. The zero-order chi connectivity index (χ0) is 24.1. The van der Waals surface area contributed by atoms with Crippen LogP contribution in [-0.4, -0.2) is 40.7 Å². The molecule has 0 spiro atoms. The Morgan fingerprint density at radius 2 is 1.79 bits per heavy atom. The van der Waals surface area contributed by atoms with Gasteiger partial charge < -0.3 is 10.1 Å². The van der Waals surface area contributed by atoms with E-state index in [1.54, 1.807) is 30.3 Å². The molecule has 0 saturated carbocycles. The number of carbonyl (C=O) groups excluding carboxylic acids is 3. The van der Waals surface area contributed by atoms with Crippen molar-refractivity contribution in [1.29, 1.82) is 0 Å². The largest absolute Gasteiger partial charge is 0.465 e. The van der Waals surface area contributed by atoms with Crippen LogP contribution in [0.3, 0.4) is 0 Å². The molecule has 0 radical (unpaired) electrons. The summed E-state index contributed by atoms with van der Waals surface area (Å²) in [6.45, 7) is 0.367. The van der Waals surface area contributed by atoms with Gasteiger partial charge in [0.1, 0.15) is 4.32 Å². The van der Waals surface area contributed by atoms with Gasteiger partial charge in [-0.15, -0.1) is 0 Å². The van der Waals surface area contributed by atoms with E-state index in [1.807, 2.05) is 42.5 Å². The highest BCUT2D eigenvalue weighted by molar-refractivity contribution is 8.26. The summed E-state index contributed by atoms with van der Waals surface area (Å²) in [5, 5.41) is 5.01. The monoisotopic (exact) mass is 490 g/mol. The molecule has 1 aliphatic rings. The van der Waals surface area contributed by atoms with Gasteiger partial charge >= 0.3 is 5.97 Å². The summed E-state index contributed by atoms with van der Waals surface area (Å²) >= 11 is 6.62. The molecule has 6 nitrogen and oxygen atoms in total. The van der Waals surface area contributed by atoms with Crippen LogP contribution >= 0.6 is 24.0 Å². The molecule has 1 N–H and O–H groups in total. The number of thioether (sulfide) groups is 1. The molecule has 0 unspecified atom stereocenters. The van der Waals surface area contributed by atoms with Gasteiger partial charge in [0, 0.05) is 24.0 Å². The number of rotatable bonds is 7. The van der Waals surface area contributed by atoms with E-state index >= 15 is 0 Å². The van der Waals surface area contributed by atoms with Gasteiger partial charge in [0.2, 0.25) is 5.91 Å². The third kappa shape index (κ3) is 5.35. The number of benzene rings is 3. The second-order valence-electron chi connectivity index (χ2n) is 7.63. The van der Waals surface area contributed by atoms with Crippen molar-refractivity contribution >= 4 is 68.6 Å². The first-order valence-corrected chi connectivity index (χ1v) is 11.9. The molecule has 1 fully saturated rings. The maximum atomic E-state index is 12.8. The fourth-order valence-electron chi connectivity index (χ4n) is 3.62. The molecule has 3 aromatic carbocycles. The Bertz CT molecular complexity index is 1300. The minimum atomic E-state index is -0.414. The van der Waals surface area contributed by atoms with Crippen molar-refractivity contribution in [2.45, 2.75) is 12.8 Å². The van der Waals surface area contributed by atoms with Crippen LogP contribution in [0.15, 0.2) is 71.6 Å². The van der Waals surface area contributed by atoms with Crippen molar-refractivity contribution in [3.63, 3.8) is 0 Å². The lowest BCUT2D eigenvalue weighted by Gasteiger charge is -2.14. The Kier molecular flexibility index (Phi) is 7.40. The van der Waals surface area contributed by atoms with E-state index in [4.69, 9.17) is 17.0 Å². The lowest BCUT2D eigenvalue weighted by atomic mass is 10.1. The van der Waals surface area contributed by atoms with Crippen molar-refractivity contribution < 1.29 is 19.1 Å². The lowest BCUT2D eigenvalue weighted by molar-refractivity contribution is -0.122. The highest BCUT2D eigenvalue weighted by atomic mass is 32.2. The van der Waals surface area contributed by atoms with E-state index in [9.17, 15) is 14.4 Å². The number of amides is 2. The molecule has 2 amide bonds. The Hall–Kier alpha value is -3.49. The lowest BCUT2D eigenvalue weighted by Crippen LogP contribution is -2.29. The van der Waals surface area contributed by atoms with Gasteiger partial charge in [0.15, 0.2) is 0 Å². The van der Waals surface area contributed by atoms with Crippen LogP contribution in [0.4, 0.5) is 5.69 Å². The molecule has 3 aromatic rings. The number of hydrogen-bond donors (Lipinski definition) is 1. The van der Waals surface area contributed by atoms with Crippen molar-refractivity contribution in [3.8, 4) is 0 Å². The number of fused-ring (bicyclic) bond motifs is 1. The first-order chi connectivity index (χ1) is 16.5. The van der Waals surface area contributed by atoms with Crippen molar-refractivity contribution in [3.05, 3.63) is 82.8 Å². The van der Waals surface area contributed by atoms with E-state index in [2.05, 4.69) is 5.32 Å². The summed E-state index contributed by atoms with van der Waals surface area (Å²) in [5.74, 6) is -0.702. The second-order valence-corrected chi connectivity index (χ2v) is 9.30. The summed E-state index contributed by atoms with van der Waals surface area (Å²) in [5.41, 5.74) is 1.99. The van der Waals surface area contributed by atoms with Crippen LogP contribution in [0.5, 0.6) is 0 Å². The summed E-state index contributed by atoms with van der Waals surface area (Å²) < 4.78 is 5.17. The predicted octanol–water partition coefficient (Wildman–Crippen LogP) is 5.25. The van der Waals surface area contributed by atoms with Gasteiger partial charge in [0.25, 0.3) is 5.91 Å². The van der Waals surface area contributed by atoms with E-state index in [0.29, 0.717) is 27.8 Å². The van der Waals surface area contributed by atoms with Crippen LogP contribution in [0.1, 0.15) is 28.8 Å². The summed E-state index contributed by atoms with van der Waals surface area (Å²) in [4.78, 5) is 38.9. The number of nitrogens with one attached hydrogen (secondary N) is 1. The molecular formula is C26H22N2O4S2. The molecule has 0 aromatic heterocycles. The Balaban J connectivity index is 1.33. The van der Waals surface area contributed by atoms with Crippen LogP contribution < -0.4 is 5.32 Å². The average molecular weight is 491 g/mol. The van der Waals surface area contributed by atoms with Crippen LogP contribution in [0.25, 0.3) is 16.8 Å². The number of esters is 1. The molecule has 1 aliphatic heterocycles. The van der Waals surface area contributed by atoms with E-state index < -0.39 is 5.97 Å². The molecular weight excluding hydrogens is 468 g/mol. The fourth-order valence-corrected chi connectivity index (χ4v) is 4.93. The molecule has 8 heteroatoms. The average Bonchev–Trinajstić information content (AvgIpc) is 3.11. The number of hydrogen-bond acceptors (Lipinski definition) is 6. The zero-order valence-corrected chi connectivity index (χ0v) is 20.1. The van der Waals surface area contributed by atoms with Gasteiger partial charge in [-0.1, -0.05) is 72.5 Å². The van der Waals surface area contributed by atoms with Crippen molar-refractivity contribution in [2.75, 3.05) is 19.0 Å². The van der Waals surface area contributed by atoms with E-state index in [0.717, 1.165) is 22.0 Å². The Morgan fingerprint density at radius 3 is 2.56 bits per heavy atom. The number of carbonyl (C=O) groups is 3. The number of methoxy groups -OCH3 is 1. The molecule has 4 rings (SSSR count). The van der Waals surface area contributed by atoms with Crippen LogP contribution in [0.2, 0.25) is 0 Å². The quantitative estimate of drug-likeness (QED) is 0.277. The molecule has 0 bridgehead atoms. The van der Waals surface area contributed by atoms with Gasteiger partial charge in [-0.05, 0) is 41.6 Å². The Labute approximate surface area is 207 Å². The number of anilines is 1. The molecule has 0 aliphatic carbocycles. The molecule has 1 heterocycles.